The summed E-state index contributed by atoms with van der Waals surface area (Å²) >= 11 is 0. The Balaban J connectivity index is 1.62. The van der Waals surface area contributed by atoms with E-state index in [9.17, 15) is 9.59 Å². The third kappa shape index (κ3) is 3.87. The van der Waals surface area contributed by atoms with Crippen LogP contribution in [-0.4, -0.2) is 17.0 Å². The van der Waals surface area contributed by atoms with E-state index >= 15 is 0 Å². The van der Waals surface area contributed by atoms with E-state index in [1.807, 2.05) is 54.6 Å². The first-order valence-corrected chi connectivity index (χ1v) is 9.20. The van der Waals surface area contributed by atoms with Crippen molar-refractivity contribution in [3.05, 3.63) is 89.5 Å². The van der Waals surface area contributed by atoms with Crippen molar-refractivity contribution < 1.29 is 14.1 Å². The molecule has 0 aliphatic rings. The average Bonchev–Trinajstić information content (AvgIpc) is 3.17. The van der Waals surface area contributed by atoms with Crippen LogP contribution in [0.4, 0.5) is 0 Å². The molecule has 144 valence electrons. The molecule has 6 heteroatoms. The Morgan fingerprint density at radius 3 is 2.48 bits per heavy atom. The minimum Gasteiger partial charge on any atom is -0.366 e. The summed E-state index contributed by atoms with van der Waals surface area (Å²) in [6.45, 7) is 0.328. The molecule has 2 amide bonds. The molecule has 1 aromatic heterocycles. The van der Waals surface area contributed by atoms with Crippen molar-refractivity contribution in [3.63, 3.8) is 0 Å². The first-order chi connectivity index (χ1) is 14.1. The summed E-state index contributed by atoms with van der Waals surface area (Å²) in [4.78, 5) is 24.2. The van der Waals surface area contributed by atoms with Gasteiger partial charge in [0.1, 0.15) is 5.69 Å². The zero-order valence-electron chi connectivity index (χ0n) is 15.6. The van der Waals surface area contributed by atoms with Gasteiger partial charge in [0, 0.05) is 12.1 Å². The SMILES string of the molecule is NC(=O)c1cccc2onc(-c3ccccc3CNC(=O)Cc3ccccc3)c12. The Kier molecular flexibility index (Phi) is 5.07. The van der Waals surface area contributed by atoms with Crippen molar-refractivity contribution >= 4 is 22.8 Å². The molecule has 4 aromatic rings. The third-order valence-corrected chi connectivity index (χ3v) is 4.72. The molecule has 0 atom stereocenters. The van der Waals surface area contributed by atoms with Gasteiger partial charge in [-0.3, -0.25) is 9.59 Å². The summed E-state index contributed by atoms with van der Waals surface area (Å²) in [6, 6.07) is 22.2. The van der Waals surface area contributed by atoms with Gasteiger partial charge in [0.05, 0.1) is 17.4 Å². The van der Waals surface area contributed by atoms with E-state index in [0.29, 0.717) is 35.2 Å². The quantitative estimate of drug-likeness (QED) is 0.531. The molecule has 0 unspecified atom stereocenters. The number of carbonyl (C=O) groups is 2. The lowest BCUT2D eigenvalue weighted by Gasteiger charge is -2.10. The highest BCUT2D eigenvalue weighted by molar-refractivity contribution is 6.09. The van der Waals surface area contributed by atoms with E-state index in [1.54, 1.807) is 18.2 Å². The predicted molar refractivity (Wildman–Crippen MR) is 110 cm³/mol. The Hall–Kier alpha value is -3.93. The molecule has 29 heavy (non-hydrogen) atoms. The van der Waals surface area contributed by atoms with Gasteiger partial charge < -0.3 is 15.6 Å². The van der Waals surface area contributed by atoms with Crippen LogP contribution in [0.2, 0.25) is 0 Å². The van der Waals surface area contributed by atoms with Gasteiger partial charge in [0.2, 0.25) is 11.8 Å². The van der Waals surface area contributed by atoms with Crippen LogP contribution in [0.15, 0.2) is 77.3 Å². The number of primary amides is 1. The van der Waals surface area contributed by atoms with Crippen molar-refractivity contribution in [2.75, 3.05) is 0 Å². The summed E-state index contributed by atoms with van der Waals surface area (Å²) < 4.78 is 5.41. The molecule has 1 heterocycles. The van der Waals surface area contributed by atoms with E-state index in [0.717, 1.165) is 16.7 Å². The number of aromatic nitrogens is 1. The molecule has 0 saturated heterocycles. The van der Waals surface area contributed by atoms with Gasteiger partial charge in [-0.15, -0.1) is 0 Å². The van der Waals surface area contributed by atoms with Gasteiger partial charge in [-0.05, 0) is 23.3 Å². The largest absolute Gasteiger partial charge is 0.366 e. The Morgan fingerprint density at radius 2 is 1.69 bits per heavy atom. The first-order valence-electron chi connectivity index (χ1n) is 9.20. The van der Waals surface area contributed by atoms with Crippen LogP contribution < -0.4 is 11.1 Å². The van der Waals surface area contributed by atoms with Gasteiger partial charge in [0.15, 0.2) is 5.58 Å². The summed E-state index contributed by atoms with van der Waals surface area (Å²) in [5, 5.41) is 7.69. The van der Waals surface area contributed by atoms with Crippen molar-refractivity contribution in [3.8, 4) is 11.3 Å². The van der Waals surface area contributed by atoms with Crippen LogP contribution in [0.5, 0.6) is 0 Å². The number of amides is 2. The number of nitrogens with zero attached hydrogens (tertiary/aromatic N) is 1. The molecular weight excluding hydrogens is 366 g/mol. The molecule has 0 aliphatic heterocycles. The van der Waals surface area contributed by atoms with Crippen LogP contribution in [0.1, 0.15) is 21.5 Å². The lowest BCUT2D eigenvalue weighted by atomic mass is 9.99. The predicted octanol–water partition coefficient (Wildman–Crippen LogP) is 3.45. The van der Waals surface area contributed by atoms with E-state index < -0.39 is 5.91 Å². The van der Waals surface area contributed by atoms with Gasteiger partial charge in [-0.25, -0.2) is 0 Å². The second-order valence-corrected chi connectivity index (χ2v) is 6.67. The van der Waals surface area contributed by atoms with E-state index in [2.05, 4.69) is 10.5 Å². The monoisotopic (exact) mass is 385 g/mol. The number of hydrogen-bond donors (Lipinski definition) is 2. The highest BCUT2D eigenvalue weighted by atomic mass is 16.5. The minimum absolute atomic E-state index is 0.0751. The van der Waals surface area contributed by atoms with Crippen LogP contribution in [-0.2, 0) is 17.8 Å². The second-order valence-electron chi connectivity index (χ2n) is 6.67. The maximum Gasteiger partial charge on any atom is 0.249 e. The maximum absolute atomic E-state index is 12.3. The lowest BCUT2D eigenvalue weighted by Crippen LogP contribution is -2.24. The molecule has 0 spiro atoms. The first kappa shape index (κ1) is 18.4. The molecule has 0 bridgehead atoms. The van der Waals surface area contributed by atoms with Gasteiger partial charge >= 0.3 is 0 Å². The summed E-state index contributed by atoms with van der Waals surface area (Å²) in [6.07, 6.45) is 0.307. The zero-order valence-corrected chi connectivity index (χ0v) is 15.6. The molecular formula is C23H19N3O3. The number of hydrogen-bond acceptors (Lipinski definition) is 4. The molecule has 0 saturated carbocycles. The number of carbonyl (C=O) groups excluding carboxylic acids is 2. The number of fused-ring (bicyclic) bond motifs is 1. The van der Waals surface area contributed by atoms with E-state index in [4.69, 9.17) is 10.3 Å². The fraction of sp³-hybridized carbons (Fsp3) is 0.0870. The van der Waals surface area contributed by atoms with E-state index in [-0.39, 0.29) is 5.91 Å². The van der Waals surface area contributed by atoms with Crippen molar-refractivity contribution in [1.29, 1.82) is 0 Å². The Labute approximate surface area is 167 Å². The highest BCUT2D eigenvalue weighted by Gasteiger charge is 2.19. The number of rotatable bonds is 6. The van der Waals surface area contributed by atoms with Gasteiger partial charge in [0.25, 0.3) is 0 Å². The lowest BCUT2D eigenvalue weighted by molar-refractivity contribution is -0.120. The summed E-state index contributed by atoms with van der Waals surface area (Å²) in [5.41, 5.74) is 9.49. The summed E-state index contributed by atoms with van der Waals surface area (Å²) in [7, 11) is 0. The van der Waals surface area contributed by atoms with Crippen LogP contribution >= 0.6 is 0 Å². The molecule has 6 nitrogen and oxygen atoms in total. The standard InChI is InChI=1S/C23H19N3O3/c24-23(28)18-11-6-12-19-21(18)22(26-29-19)17-10-5-4-9-16(17)14-25-20(27)13-15-7-2-1-3-8-15/h1-12H,13-14H2,(H2,24,28)(H,25,27). The number of nitrogens with one attached hydrogen (secondary N) is 1. The normalized spacial score (nSPS) is 10.8. The summed E-state index contributed by atoms with van der Waals surface area (Å²) in [5.74, 6) is -0.623. The Bertz CT molecular complexity index is 1180. The zero-order chi connectivity index (χ0) is 20.2. The molecule has 0 radical (unpaired) electrons. The highest BCUT2D eigenvalue weighted by Crippen LogP contribution is 2.32. The minimum atomic E-state index is -0.548. The maximum atomic E-state index is 12.3. The number of nitrogens with two attached hydrogens (primary N) is 1. The van der Waals surface area contributed by atoms with Crippen LogP contribution in [0.3, 0.4) is 0 Å². The third-order valence-electron chi connectivity index (χ3n) is 4.72. The van der Waals surface area contributed by atoms with Crippen LogP contribution in [0.25, 0.3) is 22.2 Å². The van der Waals surface area contributed by atoms with Gasteiger partial charge in [-0.1, -0.05) is 65.8 Å². The average molecular weight is 385 g/mol. The molecule has 3 aromatic carbocycles. The fourth-order valence-electron chi connectivity index (χ4n) is 3.32. The second kappa shape index (κ2) is 7.98. The topological polar surface area (TPSA) is 98.2 Å². The van der Waals surface area contributed by atoms with Crippen LogP contribution in [0, 0.1) is 0 Å². The van der Waals surface area contributed by atoms with E-state index in [1.165, 1.54) is 0 Å². The molecule has 0 fully saturated rings. The van der Waals surface area contributed by atoms with Crippen molar-refractivity contribution in [2.24, 2.45) is 5.73 Å². The molecule has 0 aliphatic carbocycles. The molecule has 3 N–H and O–H groups in total. The van der Waals surface area contributed by atoms with Crippen molar-refractivity contribution in [2.45, 2.75) is 13.0 Å². The van der Waals surface area contributed by atoms with Gasteiger partial charge in [-0.2, -0.15) is 0 Å². The van der Waals surface area contributed by atoms with Crippen molar-refractivity contribution in [1.82, 2.24) is 10.5 Å². The Morgan fingerprint density at radius 1 is 0.931 bits per heavy atom. The fourth-order valence-corrected chi connectivity index (χ4v) is 3.32. The molecule has 4 rings (SSSR count). The smallest absolute Gasteiger partial charge is 0.249 e. The number of benzene rings is 3.